The van der Waals surface area contributed by atoms with Crippen molar-refractivity contribution >= 4 is 0 Å². The summed E-state index contributed by atoms with van der Waals surface area (Å²) in [5, 5.41) is 0. The summed E-state index contributed by atoms with van der Waals surface area (Å²) in [5.41, 5.74) is 1.39. The topological polar surface area (TPSA) is 0 Å². The normalized spacial score (nSPS) is 9.00. The van der Waals surface area contributed by atoms with E-state index in [9.17, 15) is 0 Å². The second-order valence-corrected chi connectivity index (χ2v) is 2.10. The van der Waals surface area contributed by atoms with Crippen molar-refractivity contribution in [2.24, 2.45) is 0 Å². The van der Waals surface area contributed by atoms with Gasteiger partial charge in [-0.25, -0.2) is 0 Å². The van der Waals surface area contributed by atoms with Gasteiger partial charge in [0.1, 0.15) is 6.42 Å². The van der Waals surface area contributed by atoms with Crippen LogP contribution in [0.5, 0.6) is 0 Å². The molecule has 0 aliphatic carbocycles. The van der Waals surface area contributed by atoms with Crippen molar-refractivity contribution < 1.29 is 0 Å². The zero-order chi connectivity index (χ0) is 6.53. The Hall–Kier alpha value is -0.910. The second-order valence-electron chi connectivity index (χ2n) is 2.10. The van der Waals surface area contributed by atoms with Crippen molar-refractivity contribution in [2.75, 3.05) is 0 Å². The van der Waals surface area contributed by atoms with Crippen molar-refractivity contribution in [3.8, 4) is 0 Å². The molecule has 0 bridgehead atoms. The molecule has 0 radical (unpaired) electrons. The summed E-state index contributed by atoms with van der Waals surface area (Å²) in [6.07, 6.45) is 3.25. The van der Waals surface area contributed by atoms with E-state index in [2.05, 4.69) is 37.6 Å². The fourth-order valence-corrected chi connectivity index (χ4v) is 0.850. The van der Waals surface area contributed by atoms with Crippen molar-refractivity contribution in [3.63, 3.8) is 0 Å². The molecule has 0 nitrogen and oxygen atoms in total. The van der Waals surface area contributed by atoms with E-state index in [0.717, 1.165) is 6.42 Å². The quantitative estimate of drug-likeness (QED) is 0.524. The first-order chi connectivity index (χ1) is 4.43. The maximum absolute atomic E-state index is 2.16. The standard InChI is InChI=1S/C9H11/c1-2-6-9-7-4-3-5-8-9/h2-5,7-8H,6H2,1H3/q+1. The molecule has 0 heteroatoms. The van der Waals surface area contributed by atoms with Gasteiger partial charge in [0, 0.05) is 0 Å². The molecule has 0 heterocycles. The van der Waals surface area contributed by atoms with Gasteiger partial charge < -0.3 is 0 Å². The van der Waals surface area contributed by atoms with E-state index in [-0.39, 0.29) is 0 Å². The Bertz CT molecular complexity index is 153. The van der Waals surface area contributed by atoms with Crippen molar-refractivity contribution in [1.82, 2.24) is 0 Å². The number of hydrogen-bond donors (Lipinski definition) is 0. The van der Waals surface area contributed by atoms with E-state index >= 15 is 0 Å². The average molecular weight is 119 g/mol. The van der Waals surface area contributed by atoms with Crippen LogP contribution >= 0.6 is 0 Å². The van der Waals surface area contributed by atoms with E-state index < -0.39 is 0 Å². The van der Waals surface area contributed by atoms with Crippen LogP contribution in [0.15, 0.2) is 30.3 Å². The highest BCUT2D eigenvalue weighted by molar-refractivity contribution is 5.15. The van der Waals surface area contributed by atoms with Gasteiger partial charge in [-0.3, -0.25) is 0 Å². The monoisotopic (exact) mass is 119 g/mol. The third-order valence-corrected chi connectivity index (χ3v) is 1.28. The van der Waals surface area contributed by atoms with Crippen LogP contribution in [0.25, 0.3) is 0 Å². The maximum Gasteiger partial charge on any atom is 0.112 e. The first-order valence-electron chi connectivity index (χ1n) is 3.25. The molecule has 0 atom stereocenters. The molecule has 0 unspecified atom stereocenters. The van der Waals surface area contributed by atoms with Crippen LogP contribution in [0.4, 0.5) is 0 Å². The molecule has 1 aromatic carbocycles. The first kappa shape index (κ1) is 6.21. The highest BCUT2D eigenvalue weighted by atomic mass is 13.9. The summed E-state index contributed by atoms with van der Waals surface area (Å²) in [6.45, 7) is 2.08. The summed E-state index contributed by atoms with van der Waals surface area (Å²) in [6, 6.07) is 10.5. The lowest BCUT2D eigenvalue weighted by atomic mass is 10.1. The largest absolute Gasteiger partial charge is 0.112 e. The van der Waals surface area contributed by atoms with Crippen LogP contribution < -0.4 is 0 Å². The van der Waals surface area contributed by atoms with E-state index in [1.165, 1.54) is 5.56 Å². The molecule has 0 saturated carbocycles. The lowest BCUT2D eigenvalue weighted by Crippen LogP contribution is -1.79. The summed E-state index contributed by atoms with van der Waals surface area (Å²) >= 11 is 0. The molecule has 0 amide bonds. The molecule has 0 aliphatic heterocycles. The lowest BCUT2D eigenvalue weighted by Gasteiger charge is -1.88. The van der Waals surface area contributed by atoms with Gasteiger partial charge in [-0.2, -0.15) is 0 Å². The van der Waals surface area contributed by atoms with Crippen LogP contribution in [-0.4, -0.2) is 0 Å². The number of rotatable bonds is 2. The highest BCUT2D eigenvalue weighted by Crippen LogP contribution is 1.99. The Kier molecular flexibility index (Phi) is 2.20. The molecule has 9 heavy (non-hydrogen) atoms. The molecule has 1 aromatic rings. The average Bonchev–Trinajstić information content (AvgIpc) is 1.91. The van der Waals surface area contributed by atoms with Crippen molar-refractivity contribution in [3.05, 3.63) is 42.3 Å². The van der Waals surface area contributed by atoms with Gasteiger partial charge in [-0.15, -0.1) is 0 Å². The minimum atomic E-state index is 1.08. The molecule has 1 rings (SSSR count). The third-order valence-electron chi connectivity index (χ3n) is 1.28. The minimum absolute atomic E-state index is 1.08. The Labute approximate surface area is 56.5 Å². The molecule has 0 spiro atoms. The zero-order valence-corrected chi connectivity index (χ0v) is 5.67. The van der Waals surface area contributed by atoms with Gasteiger partial charge in [0.15, 0.2) is 0 Å². The molecule has 0 saturated heterocycles. The number of benzene rings is 1. The van der Waals surface area contributed by atoms with Gasteiger partial charge in [-0.1, -0.05) is 30.3 Å². The van der Waals surface area contributed by atoms with Crippen LogP contribution in [0.2, 0.25) is 0 Å². The minimum Gasteiger partial charge on any atom is -0.0622 e. The second kappa shape index (κ2) is 3.18. The van der Waals surface area contributed by atoms with Crippen LogP contribution in [0.3, 0.4) is 0 Å². The van der Waals surface area contributed by atoms with Gasteiger partial charge in [0.2, 0.25) is 0 Å². The number of hydrogen-bond acceptors (Lipinski definition) is 0. The molecule has 0 aromatic heterocycles. The summed E-state index contributed by atoms with van der Waals surface area (Å²) in [5.74, 6) is 0. The van der Waals surface area contributed by atoms with Crippen molar-refractivity contribution in [1.29, 1.82) is 0 Å². The van der Waals surface area contributed by atoms with Crippen LogP contribution in [-0.2, 0) is 6.42 Å². The smallest absolute Gasteiger partial charge is 0.0622 e. The molecule has 46 valence electrons. The van der Waals surface area contributed by atoms with E-state index in [1.807, 2.05) is 6.07 Å². The Morgan fingerprint density at radius 2 is 1.89 bits per heavy atom. The molecule has 0 N–H and O–H groups in total. The van der Waals surface area contributed by atoms with Crippen LogP contribution in [0.1, 0.15) is 12.5 Å². The molecular formula is C9H11+. The summed E-state index contributed by atoms with van der Waals surface area (Å²) in [4.78, 5) is 0. The molecule has 0 fully saturated rings. The fourth-order valence-electron chi connectivity index (χ4n) is 0.850. The first-order valence-corrected chi connectivity index (χ1v) is 3.25. The summed E-state index contributed by atoms with van der Waals surface area (Å²) < 4.78 is 0. The van der Waals surface area contributed by atoms with Gasteiger partial charge in [0.05, 0.1) is 13.3 Å². The Morgan fingerprint density at radius 3 is 2.44 bits per heavy atom. The van der Waals surface area contributed by atoms with Gasteiger partial charge in [0.25, 0.3) is 0 Å². The lowest BCUT2D eigenvalue weighted by molar-refractivity contribution is 1.14. The van der Waals surface area contributed by atoms with E-state index in [0.29, 0.717) is 0 Å². The highest BCUT2D eigenvalue weighted by Gasteiger charge is 1.91. The summed E-state index contributed by atoms with van der Waals surface area (Å²) in [7, 11) is 0. The Balaban J connectivity index is 2.61. The Morgan fingerprint density at radius 1 is 1.22 bits per heavy atom. The van der Waals surface area contributed by atoms with Gasteiger partial charge >= 0.3 is 0 Å². The van der Waals surface area contributed by atoms with Crippen molar-refractivity contribution in [2.45, 2.75) is 13.3 Å². The van der Waals surface area contributed by atoms with E-state index in [4.69, 9.17) is 0 Å². The molecule has 0 aliphatic rings. The van der Waals surface area contributed by atoms with Gasteiger partial charge in [-0.05, 0) is 5.56 Å². The maximum atomic E-state index is 2.16. The zero-order valence-electron chi connectivity index (χ0n) is 5.67. The third kappa shape index (κ3) is 1.80. The van der Waals surface area contributed by atoms with E-state index in [1.54, 1.807) is 0 Å². The fraction of sp³-hybridized carbons (Fsp3) is 0.222. The van der Waals surface area contributed by atoms with Crippen LogP contribution in [0, 0.1) is 6.42 Å². The molecular weight excluding hydrogens is 108 g/mol. The predicted octanol–water partition coefficient (Wildman–Crippen LogP) is 2.45. The SMILES string of the molecule is C[CH+]Cc1ccccc1. The predicted molar refractivity (Wildman–Crippen MR) is 40.1 cm³/mol.